The standard InChI is InChI=1S/C24H24N2O5S2/c1-3-31-24(28)21-18-8-6-10-20(18)32-23(21)25-22(27)17-7-4-5-9-19(17)26-33(29,30)16-13-11-15(2)12-14-16/h4-5,7,9,11-14,26H,3,6,8,10H2,1-2H3,(H,25,27). The van der Waals surface area contributed by atoms with E-state index in [9.17, 15) is 18.0 Å². The summed E-state index contributed by atoms with van der Waals surface area (Å²) in [6.07, 6.45) is 2.59. The number of benzene rings is 2. The van der Waals surface area contributed by atoms with Crippen molar-refractivity contribution < 1.29 is 22.7 Å². The molecule has 2 N–H and O–H groups in total. The van der Waals surface area contributed by atoms with Gasteiger partial charge in [0.1, 0.15) is 5.00 Å². The Morgan fingerprint density at radius 2 is 1.79 bits per heavy atom. The number of amides is 1. The van der Waals surface area contributed by atoms with Crippen LogP contribution >= 0.6 is 11.3 Å². The zero-order valence-corrected chi connectivity index (χ0v) is 19.9. The summed E-state index contributed by atoms with van der Waals surface area (Å²) in [6.45, 7) is 3.84. The van der Waals surface area contributed by atoms with Crippen molar-refractivity contribution >= 4 is 43.9 Å². The van der Waals surface area contributed by atoms with Crippen LogP contribution in [0.4, 0.5) is 10.7 Å². The first kappa shape index (κ1) is 23.0. The summed E-state index contributed by atoms with van der Waals surface area (Å²) >= 11 is 1.37. The van der Waals surface area contributed by atoms with Crippen LogP contribution in [0, 0.1) is 6.92 Å². The van der Waals surface area contributed by atoms with Crippen LogP contribution < -0.4 is 10.0 Å². The van der Waals surface area contributed by atoms with Gasteiger partial charge in [-0.1, -0.05) is 29.8 Å². The Bertz CT molecular complexity index is 1310. The molecule has 0 radical (unpaired) electrons. The molecule has 9 heteroatoms. The predicted octanol–water partition coefficient (Wildman–Crippen LogP) is 4.78. The number of aryl methyl sites for hydroxylation is 2. The number of rotatable bonds is 7. The molecule has 0 saturated heterocycles. The fourth-order valence-electron chi connectivity index (χ4n) is 3.77. The maximum atomic E-state index is 13.2. The zero-order chi connectivity index (χ0) is 23.6. The molecule has 33 heavy (non-hydrogen) atoms. The van der Waals surface area contributed by atoms with Crippen molar-refractivity contribution in [3.8, 4) is 0 Å². The summed E-state index contributed by atoms with van der Waals surface area (Å²) in [4.78, 5) is 26.9. The predicted molar refractivity (Wildman–Crippen MR) is 129 cm³/mol. The molecule has 1 aliphatic carbocycles. The summed E-state index contributed by atoms with van der Waals surface area (Å²) in [5.41, 5.74) is 2.57. The Labute approximate surface area is 196 Å². The molecule has 0 atom stereocenters. The molecular formula is C24H24N2O5S2. The highest BCUT2D eigenvalue weighted by atomic mass is 32.2. The highest BCUT2D eigenvalue weighted by molar-refractivity contribution is 7.92. The minimum atomic E-state index is -3.89. The molecule has 1 heterocycles. The van der Waals surface area contributed by atoms with Gasteiger partial charge in [-0.2, -0.15) is 0 Å². The quantitative estimate of drug-likeness (QED) is 0.470. The van der Waals surface area contributed by atoms with Crippen molar-refractivity contribution in [3.63, 3.8) is 0 Å². The van der Waals surface area contributed by atoms with Crippen molar-refractivity contribution in [2.75, 3.05) is 16.6 Å². The van der Waals surface area contributed by atoms with E-state index in [2.05, 4.69) is 10.0 Å². The molecule has 0 bridgehead atoms. The molecule has 0 unspecified atom stereocenters. The summed E-state index contributed by atoms with van der Waals surface area (Å²) < 4.78 is 33.4. The second kappa shape index (κ2) is 9.36. The second-order valence-electron chi connectivity index (χ2n) is 7.70. The lowest BCUT2D eigenvalue weighted by molar-refractivity contribution is 0.0527. The van der Waals surface area contributed by atoms with Crippen LogP contribution in [0.2, 0.25) is 0 Å². The fraction of sp³-hybridized carbons (Fsp3) is 0.250. The van der Waals surface area contributed by atoms with Crippen molar-refractivity contribution in [2.45, 2.75) is 38.0 Å². The number of anilines is 2. The number of ether oxygens (including phenoxy) is 1. The van der Waals surface area contributed by atoms with E-state index < -0.39 is 21.9 Å². The number of para-hydroxylation sites is 1. The molecule has 1 aliphatic rings. The number of hydrogen-bond donors (Lipinski definition) is 2. The van der Waals surface area contributed by atoms with E-state index in [1.807, 2.05) is 6.92 Å². The molecule has 3 aromatic rings. The zero-order valence-electron chi connectivity index (χ0n) is 18.3. The number of esters is 1. The van der Waals surface area contributed by atoms with Crippen molar-refractivity contribution in [1.29, 1.82) is 0 Å². The molecule has 0 saturated carbocycles. The van der Waals surface area contributed by atoms with Gasteiger partial charge in [-0.25, -0.2) is 13.2 Å². The third kappa shape index (κ3) is 4.79. The molecule has 7 nitrogen and oxygen atoms in total. The number of hydrogen-bond acceptors (Lipinski definition) is 6. The van der Waals surface area contributed by atoms with Crippen LogP contribution in [0.3, 0.4) is 0 Å². The third-order valence-electron chi connectivity index (χ3n) is 5.38. The van der Waals surface area contributed by atoms with Gasteiger partial charge in [0, 0.05) is 4.88 Å². The van der Waals surface area contributed by atoms with E-state index in [4.69, 9.17) is 4.74 Å². The molecule has 0 fully saturated rings. The van der Waals surface area contributed by atoms with Gasteiger partial charge in [-0.15, -0.1) is 11.3 Å². The highest BCUT2D eigenvalue weighted by Crippen LogP contribution is 2.40. The summed E-state index contributed by atoms with van der Waals surface area (Å²) in [5.74, 6) is -0.969. The molecular weight excluding hydrogens is 460 g/mol. The van der Waals surface area contributed by atoms with Crippen LogP contribution in [0.15, 0.2) is 53.4 Å². The minimum Gasteiger partial charge on any atom is -0.462 e. The van der Waals surface area contributed by atoms with Crippen LogP contribution in [0.25, 0.3) is 0 Å². The molecule has 2 aromatic carbocycles. The topological polar surface area (TPSA) is 102 Å². The van der Waals surface area contributed by atoms with Crippen molar-refractivity contribution in [3.05, 3.63) is 75.7 Å². The fourth-order valence-corrected chi connectivity index (χ4v) is 6.13. The smallest absolute Gasteiger partial charge is 0.341 e. The van der Waals surface area contributed by atoms with Gasteiger partial charge in [0.2, 0.25) is 0 Å². The van der Waals surface area contributed by atoms with Crippen LogP contribution in [-0.2, 0) is 27.6 Å². The number of fused-ring (bicyclic) bond motifs is 1. The van der Waals surface area contributed by atoms with E-state index >= 15 is 0 Å². The van der Waals surface area contributed by atoms with Gasteiger partial charge in [0.05, 0.1) is 28.3 Å². The monoisotopic (exact) mass is 484 g/mol. The number of carbonyl (C=O) groups excluding carboxylic acids is 2. The second-order valence-corrected chi connectivity index (χ2v) is 10.5. The highest BCUT2D eigenvalue weighted by Gasteiger charge is 2.29. The number of carbonyl (C=O) groups is 2. The van der Waals surface area contributed by atoms with E-state index in [0.29, 0.717) is 10.6 Å². The number of sulfonamides is 1. The first-order chi connectivity index (χ1) is 15.8. The van der Waals surface area contributed by atoms with Gasteiger partial charge in [-0.3, -0.25) is 9.52 Å². The van der Waals surface area contributed by atoms with Crippen LogP contribution in [-0.4, -0.2) is 26.9 Å². The van der Waals surface area contributed by atoms with E-state index in [1.165, 1.54) is 35.6 Å². The normalized spacial score (nSPS) is 12.8. The summed E-state index contributed by atoms with van der Waals surface area (Å²) in [6, 6.07) is 12.8. The van der Waals surface area contributed by atoms with Crippen molar-refractivity contribution in [1.82, 2.24) is 0 Å². The van der Waals surface area contributed by atoms with E-state index in [1.54, 1.807) is 31.2 Å². The Morgan fingerprint density at radius 3 is 2.52 bits per heavy atom. The van der Waals surface area contributed by atoms with Gasteiger partial charge in [0.25, 0.3) is 15.9 Å². The summed E-state index contributed by atoms with van der Waals surface area (Å²) in [7, 11) is -3.89. The van der Waals surface area contributed by atoms with E-state index in [0.717, 1.165) is 35.3 Å². The van der Waals surface area contributed by atoms with Gasteiger partial charge in [-0.05, 0) is 62.9 Å². The lowest BCUT2D eigenvalue weighted by Gasteiger charge is -2.13. The molecule has 0 aliphatic heterocycles. The van der Waals surface area contributed by atoms with Gasteiger partial charge >= 0.3 is 5.97 Å². The average molecular weight is 485 g/mol. The lowest BCUT2D eigenvalue weighted by atomic mass is 10.1. The maximum absolute atomic E-state index is 13.2. The largest absolute Gasteiger partial charge is 0.462 e. The van der Waals surface area contributed by atoms with Gasteiger partial charge in [0.15, 0.2) is 0 Å². The average Bonchev–Trinajstić information content (AvgIpc) is 3.35. The summed E-state index contributed by atoms with van der Waals surface area (Å²) in [5, 5.41) is 3.24. The Kier molecular flexibility index (Phi) is 6.53. The first-order valence-electron chi connectivity index (χ1n) is 10.6. The van der Waals surface area contributed by atoms with Crippen molar-refractivity contribution in [2.24, 2.45) is 0 Å². The molecule has 1 aromatic heterocycles. The molecule has 4 rings (SSSR count). The van der Waals surface area contributed by atoms with Gasteiger partial charge < -0.3 is 10.1 Å². The van der Waals surface area contributed by atoms with E-state index in [-0.39, 0.29) is 22.8 Å². The van der Waals surface area contributed by atoms with Crippen LogP contribution in [0.1, 0.15) is 50.1 Å². The minimum absolute atomic E-state index is 0.0996. The molecule has 1 amide bonds. The third-order valence-corrected chi connectivity index (χ3v) is 7.96. The Morgan fingerprint density at radius 1 is 1.06 bits per heavy atom. The number of thiophene rings is 1. The Hall–Kier alpha value is -3.17. The van der Waals surface area contributed by atoms with Crippen LogP contribution in [0.5, 0.6) is 0 Å². The Balaban J connectivity index is 1.62. The first-order valence-corrected chi connectivity index (χ1v) is 12.9. The maximum Gasteiger partial charge on any atom is 0.341 e. The molecule has 0 spiro atoms. The number of nitrogens with one attached hydrogen (secondary N) is 2. The SMILES string of the molecule is CCOC(=O)c1c(NC(=O)c2ccccc2NS(=O)(=O)c2ccc(C)cc2)sc2c1CCC2. The lowest BCUT2D eigenvalue weighted by Crippen LogP contribution is -2.19. The molecule has 172 valence electrons.